The first-order chi connectivity index (χ1) is 4.35. The van der Waals surface area contributed by atoms with Crippen LogP contribution in [-0.4, -0.2) is 19.4 Å². The Hall–Kier alpha value is -0.570. The molecule has 1 radical (unpaired) electrons. The molecule has 0 aliphatic heterocycles. The van der Waals surface area contributed by atoms with Crippen LogP contribution in [0, 0.1) is 0 Å². The van der Waals surface area contributed by atoms with E-state index in [-0.39, 0.29) is 0 Å². The van der Waals surface area contributed by atoms with Crippen LogP contribution in [0.3, 0.4) is 0 Å². The highest BCUT2D eigenvalue weighted by Gasteiger charge is 2.03. The van der Waals surface area contributed by atoms with E-state index in [0.29, 0.717) is 13.0 Å². The lowest BCUT2D eigenvalue weighted by Gasteiger charge is -2.10. The topological polar surface area (TPSA) is 35.5 Å². The van der Waals surface area contributed by atoms with Crippen molar-refractivity contribution in [3.63, 3.8) is 0 Å². The second-order valence-electron chi connectivity index (χ2n) is 1.49. The van der Waals surface area contributed by atoms with E-state index < -0.39 is 6.29 Å². The first kappa shape index (κ1) is 8.43. The Morgan fingerprint density at radius 1 is 1.56 bits per heavy atom. The standard InChI is InChI=1S/C6H11O3/c1-3-6(8-4-2)9-5-7/h6H,3-4H2,1-2H3. The molecule has 0 aliphatic rings. The van der Waals surface area contributed by atoms with E-state index in [9.17, 15) is 4.79 Å². The van der Waals surface area contributed by atoms with Gasteiger partial charge in [-0.25, -0.2) is 4.79 Å². The highest BCUT2D eigenvalue weighted by atomic mass is 16.7. The fraction of sp³-hybridized carbons (Fsp3) is 0.833. The Morgan fingerprint density at radius 2 is 2.22 bits per heavy atom. The Balaban J connectivity index is 3.28. The van der Waals surface area contributed by atoms with Gasteiger partial charge < -0.3 is 9.47 Å². The Morgan fingerprint density at radius 3 is 2.56 bits per heavy atom. The smallest absolute Gasteiger partial charge is 0.419 e. The average Bonchev–Trinajstić information content (AvgIpc) is 1.88. The molecule has 0 aliphatic carbocycles. The summed E-state index contributed by atoms with van der Waals surface area (Å²) in [4.78, 5) is 9.62. The summed E-state index contributed by atoms with van der Waals surface area (Å²) in [6, 6.07) is 0. The van der Waals surface area contributed by atoms with Crippen LogP contribution in [-0.2, 0) is 14.3 Å². The van der Waals surface area contributed by atoms with Crippen LogP contribution in [0.4, 0.5) is 0 Å². The minimum atomic E-state index is -0.410. The van der Waals surface area contributed by atoms with Crippen molar-refractivity contribution in [2.75, 3.05) is 6.61 Å². The molecule has 1 unspecified atom stereocenters. The van der Waals surface area contributed by atoms with E-state index >= 15 is 0 Å². The van der Waals surface area contributed by atoms with E-state index in [4.69, 9.17) is 4.74 Å². The van der Waals surface area contributed by atoms with Gasteiger partial charge in [0.25, 0.3) is 0 Å². The summed E-state index contributed by atoms with van der Waals surface area (Å²) < 4.78 is 9.35. The summed E-state index contributed by atoms with van der Waals surface area (Å²) in [5.41, 5.74) is 0. The van der Waals surface area contributed by atoms with Gasteiger partial charge in [-0.15, -0.1) is 0 Å². The number of ether oxygens (including phenoxy) is 2. The SMILES string of the molecule is CCOC(CC)O[C]=O. The van der Waals surface area contributed by atoms with Crippen LogP contribution in [0.1, 0.15) is 20.3 Å². The molecule has 0 rings (SSSR count). The van der Waals surface area contributed by atoms with Crippen LogP contribution >= 0.6 is 0 Å². The molecule has 0 bridgehead atoms. The molecule has 9 heavy (non-hydrogen) atoms. The van der Waals surface area contributed by atoms with Crippen molar-refractivity contribution in [2.45, 2.75) is 26.6 Å². The number of carbonyl (C=O) groups excluding carboxylic acids is 1. The van der Waals surface area contributed by atoms with Gasteiger partial charge in [-0.05, 0) is 6.92 Å². The predicted molar refractivity (Wildman–Crippen MR) is 32.5 cm³/mol. The molecule has 0 fully saturated rings. The molecule has 0 spiro atoms. The van der Waals surface area contributed by atoms with Gasteiger partial charge in [0.05, 0.1) is 0 Å². The minimum absolute atomic E-state index is 0.410. The van der Waals surface area contributed by atoms with E-state index in [0.717, 1.165) is 0 Å². The summed E-state index contributed by atoms with van der Waals surface area (Å²) in [6.07, 6.45) is 0.260. The van der Waals surface area contributed by atoms with Gasteiger partial charge in [0.2, 0.25) is 6.29 Å². The van der Waals surface area contributed by atoms with Gasteiger partial charge in [0, 0.05) is 13.0 Å². The first-order valence-corrected chi connectivity index (χ1v) is 2.99. The molecule has 3 heteroatoms. The van der Waals surface area contributed by atoms with Gasteiger partial charge in [-0.2, -0.15) is 0 Å². The van der Waals surface area contributed by atoms with E-state index in [2.05, 4.69) is 4.74 Å². The Kier molecular flexibility index (Phi) is 5.21. The van der Waals surface area contributed by atoms with Crippen LogP contribution in [0.25, 0.3) is 0 Å². The van der Waals surface area contributed by atoms with Crippen LogP contribution < -0.4 is 0 Å². The maximum Gasteiger partial charge on any atom is 0.419 e. The third-order valence-electron chi connectivity index (χ3n) is 0.865. The highest BCUT2D eigenvalue weighted by Crippen LogP contribution is 1.96. The minimum Gasteiger partial charge on any atom is -0.427 e. The highest BCUT2D eigenvalue weighted by molar-refractivity contribution is 5.38. The number of rotatable bonds is 5. The third kappa shape index (κ3) is 3.97. The lowest BCUT2D eigenvalue weighted by atomic mass is 10.5. The quantitative estimate of drug-likeness (QED) is 0.519. The zero-order chi connectivity index (χ0) is 7.11. The summed E-state index contributed by atoms with van der Waals surface area (Å²) in [5.74, 6) is 0. The Bertz CT molecular complexity index is 72.7. The fourth-order valence-electron chi connectivity index (χ4n) is 0.475. The maximum atomic E-state index is 9.62. The Labute approximate surface area is 55.0 Å². The molecule has 0 aromatic heterocycles. The van der Waals surface area contributed by atoms with Crippen molar-refractivity contribution < 1.29 is 14.3 Å². The van der Waals surface area contributed by atoms with Crippen LogP contribution in [0.15, 0.2) is 0 Å². The van der Waals surface area contributed by atoms with Gasteiger partial charge in [0.15, 0.2) is 0 Å². The van der Waals surface area contributed by atoms with Crippen molar-refractivity contribution >= 4 is 6.47 Å². The molecule has 0 aromatic carbocycles. The summed E-state index contributed by atoms with van der Waals surface area (Å²) >= 11 is 0. The largest absolute Gasteiger partial charge is 0.427 e. The summed E-state index contributed by atoms with van der Waals surface area (Å²) in [7, 11) is 0. The third-order valence-corrected chi connectivity index (χ3v) is 0.865. The van der Waals surface area contributed by atoms with Crippen molar-refractivity contribution in [2.24, 2.45) is 0 Å². The van der Waals surface area contributed by atoms with Crippen molar-refractivity contribution in [3.8, 4) is 0 Å². The molecular weight excluding hydrogens is 120 g/mol. The molecule has 0 aromatic rings. The lowest BCUT2D eigenvalue weighted by Crippen LogP contribution is -2.14. The molecule has 0 heterocycles. The molecule has 1 atom stereocenters. The fourth-order valence-corrected chi connectivity index (χ4v) is 0.475. The summed E-state index contributed by atoms with van der Waals surface area (Å²) in [6.45, 7) is 5.60. The molecule has 53 valence electrons. The van der Waals surface area contributed by atoms with Gasteiger partial charge in [0.1, 0.15) is 0 Å². The normalized spacial score (nSPS) is 12.7. The lowest BCUT2D eigenvalue weighted by molar-refractivity contribution is -0.0858. The second-order valence-corrected chi connectivity index (χ2v) is 1.49. The molecule has 0 amide bonds. The molecule has 0 saturated heterocycles. The van der Waals surface area contributed by atoms with Crippen molar-refractivity contribution in [1.29, 1.82) is 0 Å². The maximum absolute atomic E-state index is 9.62. The molecule has 0 saturated carbocycles. The van der Waals surface area contributed by atoms with Crippen LogP contribution in [0.2, 0.25) is 0 Å². The molecule has 3 nitrogen and oxygen atoms in total. The molecular formula is C6H11O3. The van der Waals surface area contributed by atoms with Crippen molar-refractivity contribution in [1.82, 2.24) is 0 Å². The average molecular weight is 131 g/mol. The van der Waals surface area contributed by atoms with Gasteiger partial charge in [-0.1, -0.05) is 6.92 Å². The van der Waals surface area contributed by atoms with Gasteiger partial charge >= 0.3 is 6.47 Å². The van der Waals surface area contributed by atoms with Gasteiger partial charge in [-0.3, -0.25) is 0 Å². The predicted octanol–water partition coefficient (Wildman–Crippen LogP) is 0.843. The second kappa shape index (κ2) is 5.56. The first-order valence-electron chi connectivity index (χ1n) is 2.99. The molecule has 0 N–H and O–H groups in total. The zero-order valence-corrected chi connectivity index (χ0v) is 5.72. The van der Waals surface area contributed by atoms with E-state index in [1.807, 2.05) is 13.8 Å². The number of hydrogen-bond donors (Lipinski definition) is 0. The van der Waals surface area contributed by atoms with Crippen LogP contribution in [0.5, 0.6) is 0 Å². The zero-order valence-electron chi connectivity index (χ0n) is 5.72. The number of hydrogen-bond acceptors (Lipinski definition) is 3. The van der Waals surface area contributed by atoms with E-state index in [1.54, 1.807) is 0 Å². The van der Waals surface area contributed by atoms with Crippen molar-refractivity contribution in [3.05, 3.63) is 0 Å². The monoisotopic (exact) mass is 131 g/mol. The van der Waals surface area contributed by atoms with E-state index in [1.165, 1.54) is 6.47 Å². The summed E-state index contributed by atoms with van der Waals surface area (Å²) in [5, 5.41) is 0.